The highest BCUT2D eigenvalue weighted by molar-refractivity contribution is 5.76. The molecular weight excluding hydrogens is 562 g/mol. The Bertz CT molecular complexity index is 1210. The number of piperidine rings is 1. The first-order valence-corrected chi connectivity index (χ1v) is 13.1. The van der Waals surface area contributed by atoms with Gasteiger partial charge in [-0.2, -0.15) is 31.4 Å². The summed E-state index contributed by atoms with van der Waals surface area (Å²) in [5.74, 6) is -0.0792. The lowest BCUT2D eigenvalue weighted by molar-refractivity contribution is -0.139. The van der Waals surface area contributed by atoms with Crippen LogP contribution in [0.4, 0.5) is 38.0 Å². The average molecular weight is 593 g/mol. The molecule has 0 bridgehead atoms. The van der Waals surface area contributed by atoms with Crippen molar-refractivity contribution in [1.82, 2.24) is 30.4 Å². The van der Waals surface area contributed by atoms with Crippen LogP contribution in [0.1, 0.15) is 30.4 Å². The van der Waals surface area contributed by atoms with E-state index >= 15 is 0 Å². The van der Waals surface area contributed by atoms with Gasteiger partial charge in [-0.05, 0) is 31.8 Å². The molecular formula is C24H30F6N8O3. The molecule has 2 aliphatic heterocycles. The molecule has 0 aliphatic carbocycles. The summed E-state index contributed by atoms with van der Waals surface area (Å²) in [6, 6.07) is -0.552. The molecule has 2 aromatic heterocycles. The van der Waals surface area contributed by atoms with Gasteiger partial charge in [-0.25, -0.2) is 15.1 Å². The summed E-state index contributed by atoms with van der Waals surface area (Å²) in [4.78, 5) is 35.4. The van der Waals surface area contributed by atoms with E-state index < -0.39 is 40.8 Å². The molecule has 1 atom stereocenters. The zero-order valence-electron chi connectivity index (χ0n) is 21.9. The number of nitrogens with one attached hydrogen (secondary N) is 3. The van der Waals surface area contributed by atoms with Gasteiger partial charge in [0.2, 0.25) is 11.9 Å². The first-order valence-electron chi connectivity index (χ1n) is 13.1. The van der Waals surface area contributed by atoms with Gasteiger partial charge in [-0.1, -0.05) is 0 Å². The van der Waals surface area contributed by atoms with Crippen LogP contribution in [0.15, 0.2) is 23.4 Å². The minimum absolute atomic E-state index is 0.0150. The van der Waals surface area contributed by atoms with Crippen molar-refractivity contribution in [3.63, 3.8) is 0 Å². The van der Waals surface area contributed by atoms with Crippen LogP contribution in [0.3, 0.4) is 0 Å². The summed E-state index contributed by atoms with van der Waals surface area (Å²) >= 11 is 0. The third-order valence-electron chi connectivity index (χ3n) is 7.07. The molecule has 0 radical (unpaired) electrons. The number of piperazine rings is 1. The largest absolute Gasteiger partial charge is 0.423 e. The lowest BCUT2D eigenvalue weighted by Gasteiger charge is -2.35. The Balaban J connectivity index is 1.28. The minimum atomic E-state index is -4.88. The number of aromatic nitrogens is 4. The van der Waals surface area contributed by atoms with E-state index in [0.29, 0.717) is 52.1 Å². The maximum Gasteiger partial charge on any atom is 0.423 e. The Kier molecular flexibility index (Phi) is 9.68. The van der Waals surface area contributed by atoms with Crippen LogP contribution in [-0.2, 0) is 21.9 Å². The predicted octanol–water partition coefficient (Wildman–Crippen LogP) is 2.13. The molecule has 4 rings (SSSR count). The topological polar surface area (TPSA) is 128 Å². The maximum atomic E-state index is 13.5. The van der Waals surface area contributed by atoms with Crippen molar-refractivity contribution >= 4 is 17.5 Å². The van der Waals surface area contributed by atoms with Crippen molar-refractivity contribution < 1.29 is 35.9 Å². The normalized spacial score (nSPS) is 17.9. The van der Waals surface area contributed by atoms with Gasteiger partial charge in [0.25, 0.3) is 5.56 Å². The fourth-order valence-corrected chi connectivity index (χ4v) is 4.85. The molecule has 0 spiro atoms. The lowest BCUT2D eigenvalue weighted by atomic mass is 9.90. The quantitative estimate of drug-likeness (QED) is 0.296. The summed E-state index contributed by atoms with van der Waals surface area (Å²) in [6.07, 6.45) is -5.63. The van der Waals surface area contributed by atoms with E-state index in [1.54, 1.807) is 9.80 Å². The Morgan fingerprint density at radius 2 is 1.68 bits per heavy atom. The molecule has 4 heterocycles. The predicted molar refractivity (Wildman–Crippen MR) is 134 cm³/mol. The van der Waals surface area contributed by atoms with Crippen LogP contribution in [0.5, 0.6) is 0 Å². The number of alkyl halides is 6. The Morgan fingerprint density at radius 1 is 1.02 bits per heavy atom. The zero-order chi connectivity index (χ0) is 29.6. The lowest BCUT2D eigenvalue weighted by Crippen LogP contribution is -2.49. The average Bonchev–Trinajstić information content (AvgIpc) is 2.94. The third-order valence-corrected chi connectivity index (χ3v) is 7.07. The summed E-state index contributed by atoms with van der Waals surface area (Å²) in [6.45, 7) is 2.73. The third kappa shape index (κ3) is 8.06. The summed E-state index contributed by atoms with van der Waals surface area (Å²) < 4.78 is 84.5. The number of carbonyl (C=O) groups excluding carboxylic acids is 1. The van der Waals surface area contributed by atoms with Crippen LogP contribution in [-0.4, -0.2) is 89.5 Å². The van der Waals surface area contributed by atoms with E-state index in [-0.39, 0.29) is 37.4 Å². The van der Waals surface area contributed by atoms with Crippen LogP contribution in [0.2, 0.25) is 0 Å². The molecule has 0 aromatic carbocycles. The van der Waals surface area contributed by atoms with Crippen molar-refractivity contribution in [3.8, 4) is 0 Å². The first-order chi connectivity index (χ1) is 19.4. The second-order valence-electron chi connectivity index (χ2n) is 9.79. The molecule has 1 amide bonds. The SMILES string of the molecule is O=C(CCOC[C@@H](Nc1cn[nH]c(=O)c1C(F)(F)F)C1CCNCC1)N1CCN(c2ncc(C(F)(F)F)cn2)CC1. The number of aromatic amines is 1. The summed E-state index contributed by atoms with van der Waals surface area (Å²) in [7, 11) is 0. The standard InChI is InChI=1S/C24H30F6N8O3/c25-23(26,27)16-11-32-22(33-12-16)38-8-6-37(7-9-38)19(39)3-10-41-14-18(15-1-4-31-5-2-15)35-17-13-34-36-21(40)20(17)24(28,29)30/h11-13,15,18,31H,1-10,14H2,(H2,35,36,40)/t18-/m1/s1. The number of anilines is 2. The number of rotatable bonds is 9. The molecule has 17 heteroatoms. The van der Waals surface area contributed by atoms with Crippen molar-refractivity contribution in [2.75, 3.05) is 62.7 Å². The highest BCUT2D eigenvalue weighted by Gasteiger charge is 2.38. The second-order valence-corrected chi connectivity index (χ2v) is 9.79. The molecule has 11 nitrogen and oxygen atoms in total. The minimum Gasteiger partial charge on any atom is -0.379 e. The Hall–Kier alpha value is -3.47. The number of carbonyl (C=O) groups is 1. The monoisotopic (exact) mass is 592 g/mol. The van der Waals surface area contributed by atoms with Gasteiger partial charge in [0, 0.05) is 38.6 Å². The molecule has 2 aromatic rings. The van der Waals surface area contributed by atoms with Gasteiger partial charge in [-0.15, -0.1) is 0 Å². The van der Waals surface area contributed by atoms with E-state index in [1.807, 2.05) is 5.10 Å². The first kappa shape index (κ1) is 30.5. The highest BCUT2D eigenvalue weighted by Crippen LogP contribution is 2.33. The fourth-order valence-electron chi connectivity index (χ4n) is 4.85. The molecule has 2 saturated heterocycles. The van der Waals surface area contributed by atoms with Gasteiger partial charge in [0.05, 0.1) is 43.1 Å². The van der Waals surface area contributed by atoms with Gasteiger partial charge >= 0.3 is 12.4 Å². The van der Waals surface area contributed by atoms with Crippen molar-refractivity contribution in [2.45, 2.75) is 37.7 Å². The van der Waals surface area contributed by atoms with Gasteiger partial charge in [-0.3, -0.25) is 9.59 Å². The molecule has 226 valence electrons. The van der Waals surface area contributed by atoms with E-state index in [2.05, 4.69) is 25.7 Å². The number of ether oxygens (including phenoxy) is 1. The van der Waals surface area contributed by atoms with Crippen LogP contribution < -0.4 is 21.1 Å². The van der Waals surface area contributed by atoms with Crippen LogP contribution in [0, 0.1) is 5.92 Å². The number of amides is 1. The van der Waals surface area contributed by atoms with Gasteiger partial charge in [0.15, 0.2) is 0 Å². The van der Waals surface area contributed by atoms with E-state index in [0.717, 1.165) is 18.6 Å². The fraction of sp³-hybridized carbons (Fsp3) is 0.625. The smallest absolute Gasteiger partial charge is 0.379 e. The highest BCUT2D eigenvalue weighted by atomic mass is 19.4. The van der Waals surface area contributed by atoms with Gasteiger partial charge in [0.1, 0.15) is 5.56 Å². The second kappa shape index (κ2) is 13.0. The zero-order valence-corrected chi connectivity index (χ0v) is 21.9. The Morgan fingerprint density at radius 3 is 2.29 bits per heavy atom. The van der Waals surface area contributed by atoms with E-state index in [4.69, 9.17) is 4.74 Å². The van der Waals surface area contributed by atoms with Crippen molar-refractivity contribution in [3.05, 3.63) is 40.1 Å². The molecule has 0 saturated carbocycles. The molecule has 3 N–H and O–H groups in total. The summed E-state index contributed by atoms with van der Waals surface area (Å²) in [5, 5.41) is 11.3. The molecule has 2 fully saturated rings. The van der Waals surface area contributed by atoms with Crippen molar-refractivity contribution in [1.29, 1.82) is 0 Å². The molecule has 2 aliphatic rings. The Labute approximate surface area is 230 Å². The number of hydrogen-bond donors (Lipinski definition) is 3. The number of nitrogens with zero attached hydrogens (tertiary/aromatic N) is 5. The number of H-pyrrole nitrogens is 1. The molecule has 0 unspecified atom stereocenters. The maximum absolute atomic E-state index is 13.5. The number of hydrogen-bond acceptors (Lipinski definition) is 9. The van der Waals surface area contributed by atoms with Gasteiger partial charge < -0.3 is 25.2 Å². The van der Waals surface area contributed by atoms with Crippen LogP contribution in [0.25, 0.3) is 0 Å². The van der Waals surface area contributed by atoms with E-state index in [9.17, 15) is 35.9 Å². The van der Waals surface area contributed by atoms with Crippen LogP contribution >= 0.6 is 0 Å². The number of halogens is 6. The summed E-state index contributed by atoms with van der Waals surface area (Å²) in [5.41, 5.74) is -4.08. The molecule has 41 heavy (non-hydrogen) atoms. The van der Waals surface area contributed by atoms with E-state index in [1.165, 1.54) is 0 Å². The van der Waals surface area contributed by atoms with Crippen molar-refractivity contribution in [2.24, 2.45) is 5.92 Å².